The summed E-state index contributed by atoms with van der Waals surface area (Å²) in [6.07, 6.45) is 0. The summed E-state index contributed by atoms with van der Waals surface area (Å²) in [6.45, 7) is 9.77. The van der Waals surface area contributed by atoms with E-state index in [4.69, 9.17) is 4.42 Å². The van der Waals surface area contributed by atoms with Gasteiger partial charge in [-0.3, -0.25) is 9.59 Å². The SMILES string of the molecule is Cc1cc(C)c(C(=O)N2CSC[C@@H]2C(=O)N[C@@H](C)C(C)C)o1. The highest BCUT2D eigenvalue weighted by Gasteiger charge is 2.37. The quantitative estimate of drug-likeness (QED) is 0.924. The van der Waals surface area contributed by atoms with E-state index >= 15 is 0 Å². The Morgan fingerprint density at radius 1 is 1.36 bits per heavy atom. The molecule has 1 N–H and O–H groups in total. The van der Waals surface area contributed by atoms with E-state index in [0.717, 1.165) is 5.56 Å². The number of hydrogen-bond acceptors (Lipinski definition) is 4. The maximum atomic E-state index is 12.7. The summed E-state index contributed by atoms with van der Waals surface area (Å²) >= 11 is 1.59. The molecule has 1 aliphatic heterocycles. The van der Waals surface area contributed by atoms with Gasteiger partial charge in [0, 0.05) is 17.4 Å². The van der Waals surface area contributed by atoms with E-state index in [9.17, 15) is 9.59 Å². The van der Waals surface area contributed by atoms with E-state index in [1.165, 1.54) is 0 Å². The van der Waals surface area contributed by atoms with Crippen LogP contribution in [0.5, 0.6) is 0 Å². The van der Waals surface area contributed by atoms with Gasteiger partial charge in [-0.15, -0.1) is 11.8 Å². The summed E-state index contributed by atoms with van der Waals surface area (Å²) in [4.78, 5) is 26.7. The van der Waals surface area contributed by atoms with Gasteiger partial charge < -0.3 is 14.6 Å². The van der Waals surface area contributed by atoms with Crippen LogP contribution >= 0.6 is 11.8 Å². The predicted molar refractivity (Wildman–Crippen MR) is 87.9 cm³/mol. The molecule has 2 amide bonds. The van der Waals surface area contributed by atoms with E-state index < -0.39 is 6.04 Å². The predicted octanol–water partition coefficient (Wildman–Crippen LogP) is 2.57. The first-order chi connectivity index (χ1) is 10.3. The first kappa shape index (κ1) is 16.9. The molecule has 0 spiro atoms. The van der Waals surface area contributed by atoms with Crippen molar-refractivity contribution in [3.8, 4) is 0 Å². The summed E-state index contributed by atoms with van der Waals surface area (Å²) < 4.78 is 5.50. The molecule has 22 heavy (non-hydrogen) atoms. The zero-order valence-corrected chi connectivity index (χ0v) is 14.6. The zero-order chi connectivity index (χ0) is 16.4. The highest BCUT2D eigenvalue weighted by atomic mass is 32.2. The number of furan rings is 1. The number of amides is 2. The second-order valence-electron chi connectivity index (χ2n) is 6.20. The Hall–Kier alpha value is -1.43. The molecule has 2 atom stereocenters. The molecule has 1 saturated heterocycles. The molecule has 1 aliphatic rings. The molecule has 0 bridgehead atoms. The van der Waals surface area contributed by atoms with Crippen LogP contribution < -0.4 is 5.32 Å². The van der Waals surface area contributed by atoms with E-state index in [2.05, 4.69) is 19.2 Å². The lowest BCUT2D eigenvalue weighted by atomic mass is 10.1. The Morgan fingerprint density at radius 3 is 2.59 bits per heavy atom. The van der Waals surface area contributed by atoms with Crippen LogP contribution in [0.25, 0.3) is 0 Å². The Labute approximate surface area is 135 Å². The van der Waals surface area contributed by atoms with Gasteiger partial charge in [0.25, 0.3) is 5.91 Å². The third kappa shape index (κ3) is 3.48. The van der Waals surface area contributed by atoms with Gasteiger partial charge >= 0.3 is 0 Å². The molecular weight excluding hydrogens is 300 g/mol. The van der Waals surface area contributed by atoms with Crippen LogP contribution in [0, 0.1) is 19.8 Å². The molecular formula is C16H24N2O3S. The molecule has 122 valence electrons. The van der Waals surface area contributed by atoms with Gasteiger partial charge in [0.1, 0.15) is 11.8 Å². The first-order valence-corrected chi connectivity index (χ1v) is 8.72. The van der Waals surface area contributed by atoms with Crippen LogP contribution in [0.2, 0.25) is 0 Å². The number of hydrogen-bond donors (Lipinski definition) is 1. The largest absolute Gasteiger partial charge is 0.456 e. The molecule has 0 unspecified atom stereocenters. The van der Waals surface area contributed by atoms with Crippen molar-refractivity contribution in [1.29, 1.82) is 0 Å². The van der Waals surface area contributed by atoms with Crippen molar-refractivity contribution in [2.75, 3.05) is 11.6 Å². The average molecular weight is 324 g/mol. The molecule has 1 fully saturated rings. The molecule has 2 heterocycles. The van der Waals surface area contributed by atoms with Crippen LogP contribution in [-0.4, -0.2) is 40.4 Å². The van der Waals surface area contributed by atoms with Crippen LogP contribution in [-0.2, 0) is 4.79 Å². The monoisotopic (exact) mass is 324 g/mol. The lowest BCUT2D eigenvalue weighted by Gasteiger charge is -2.25. The second-order valence-corrected chi connectivity index (χ2v) is 7.20. The van der Waals surface area contributed by atoms with E-state index in [-0.39, 0.29) is 17.9 Å². The van der Waals surface area contributed by atoms with Crippen molar-refractivity contribution >= 4 is 23.6 Å². The van der Waals surface area contributed by atoms with E-state index in [1.54, 1.807) is 16.7 Å². The van der Waals surface area contributed by atoms with Gasteiger partial charge in [0.05, 0.1) is 5.88 Å². The standard InChI is InChI=1S/C16H24N2O3S/c1-9(2)12(5)17-15(19)13-7-22-8-18(13)16(20)14-10(3)6-11(4)21-14/h6,9,12-13H,7-8H2,1-5H3,(H,17,19)/t12-,13+/m0/s1. The molecule has 0 saturated carbocycles. The fourth-order valence-corrected chi connectivity index (χ4v) is 3.49. The summed E-state index contributed by atoms with van der Waals surface area (Å²) in [5, 5.41) is 3.00. The maximum absolute atomic E-state index is 12.7. The molecule has 1 aromatic heterocycles. The minimum absolute atomic E-state index is 0.0829. The normalized spacial score (nSPS) is 19.5. The summed E-state index contributed by atoms with van der Waals surface area (Å²) in [7, 11) is 0. The van der Waals surface area contributed by atoms with Crippen molar-refractivity contribution in [1.82, 2.24) is 10.2 Å². The fourth-order valence-electron chi connectivity index (χ4n) is 2.33. The Bertz CT molecular complexity index is 568. The van der Waals surface area contributed by atoms with Gasteiger partial charge in [0.2, 0.25) is 5.91 Å². The number of carbonyl (C=O) groups excluding carboxylic acids is 2. The van der Waals surface area contributed by atoms with Gasteiger partial charge in [-0.2, -0.15) is 0 Å². The highest BCUT2D eigenvalue weighted by molar-refractivity contribution is 7.99. The maximum Gasteiger partial charge on any atom is 0.291 e. The second kappa shape index (κ2) is 6.77. The minimum Gasteiger partial charge on any atom is -0.456 e. The Balaban J connectivity index is 2.12. The summed E-state index contributed by atoms with van der Waals surface area (Å²) in [5.74, 6) is 2.27. The van der Waals surface area contributed by atoms with Gasteiger partial charge in [0.15, 0.2) is 5.76 Å². The van der Waals surface area contributed by atoms with Crippen molar-refractivity contribution in [2.45, 2.75) is 46.7 Å². The van der Waals surface area contributed by atoms with Crippen LogP contribution in [0.4, 0.5) is 0 Å². The third-order valence-electron chi connectivity index (χ3n) is 4.05. The number of nitrogens with zero attached hydrogens (tertiary/aromatic N) is 1. The average Bonchev–Trinajstić information content (AvgIpc) is 3.04. The molecule has 1 aromatic rings. The van der Waals surface area contributed by atoms with E-state index in [1.807, 2.05) is 26.8 Å². The fraction of sp³-hybridized carbons (Fsp3) is 0.625. The topological polar surface area (TPSA) is 62.6 Å². The number of thioether (sulfide) groups is 1. The van der Waals surface area contributed by atoms with Gasteiger partial charge in [-0.1, -0.05) is 13.8 Å². The number of carbonyl (C=O) groups is 2. The summed E-state index contributed by atoms with van der Waals surface area (Å²) in [5.41, 5.74) is 0.814. The smallest absolute Gasteiger partial charge is 0.291 e. The van der Waals surface area contributed by atoms with Gasteiger partial charge in [-0.25, -0.2) is 0 Å². The van der Waals surface area contributed by atoms with E-state index in [0.29, 0.717) is 29.1 Å². The minimum atomic E-state index is -0.427. The van der Waals surface area contributed by atoms with Gasteiger partial charge in [-0.05, 0) is 32.8 Å². The first-order valence-electron chi connectivity index (χ1n) is 7.57. The van der Waals surface area contributed by atoms with Crippen molar-refractivity contribution < 1.29 is 14.0 Å². The third-order valence-corrected chi connectivity index (χ3v) is 5.06. The molecule has 0 aliphatic carbocycles. The highest BCUT2D eigenvalue weighted by Crippen LogP contribution is 2.25. The van der Waals surface area contributed by atoms with Crippen LogP contribution in [0.15, 0.2) is 10.5 Å². The molecule has 2 rings (SSSR count). The lowest BCUT2D eigenvalue weighted by Crippen LogP contribution is -2.50. The van der Waals surface area contributed by atoms with Crippen molar-refractivity contribution in [3.63, 3.8) is 0 Å². The number of nitrogens with one attached hydrogen (secondary N) is 1. The molecule has 0 aromatic carbocycles. The van der Waals surface area contributed by atoms with Crippen molar-refractivity contribution in [3.05, 3.63) is 23.2 Å². The Kier molecular flexibility index (Phi) is 5.21. The Morgan fingerprint density at radius 2 is 2.05 bits per heavy atom. The lowest BCUT2D eigenvalue weighted by molar-refractivity contribution is -0.125. The summed E-state index contributed by atoms with van der Waals surface area (Å²) in [6, 6.07) is 1.50. The molecule has 6 heteroatoms. The van der Waals surface area contributed by atoms with Crippen LogP contribution in [0.3, 0.4) is 0 Å². The van der Waals surface area contributed by atoms with Crippen LogP contribution in [0.1, 0.15) is 42.6 Å². The zero-order valence-electron chi connectivity index (χ0n) is 13.8. The van der Waals surface area contributed by atoms with Crippen molar-refractivity contribution in [2.24, 2.45) is 5.92 Å². The molecule has 0 radical (unpaired) electrons. The number of aryl methyl sites for hydroxylation is 2. The number of rotatable bonds is 4. The molecule has 5 nitrogen and oxygen atoms in total.